The molecule has 0 saturated heterocycles. The summed E-state index contributed by atoms with van der Waals surface area (Å²) < 4.78 is 43.8. The molecular formula is C15H14F3N3O4. The number of halogens is 3. The van der Waals surface area contributed by atoms with Crippen molar-refractivity contribution in [3.05, 3.63) is 51.4 Å². The van der Waals surface area contributed by atoms with Crippen molar-refractivity contribution >= 4 is 17.6 Å². The number of esters is 1. The molecule has 10 heteroatoms. The summed E-state index contributed by atoms with van der Waals surface area (Å²) in [5.74, 6) is -1.95. The van der Waals surface area contributed by atoms with Crippen LogP contribution in [-0.4, -0.2) is 28.3 Å². The lowest BCUT2D eigenvalue weighted by Crippen LogP contribution is -2.25. The van der Waals surface area contributed by atoms with Gasteiger partial charge in [-0.05, 0) is 25.1 Å². The highest BCUT2D eigenvalue weighted by Crippen LogP contribution is 2.30. The fourth-order valence-electron chi connectivity index (χ4n) is 2.08. The van der Waals surface area contributed by atoms with Crippen molar-refractivity contribution in [2.24, 2.45) is 7.05 Å². The van der Waals surface area contributed by atoms with Gasteiger partial charge in [0.25, 0.3) is 11.5 Å². The fraction of sp³-hybridized carbons (Fsp3) is 0.267. The number of rotatable bonds is 4. The Morgan fingerprint density at radius 2 is 2.00 bits per heavy atom. The van der Waals surface area contributed by atoms with Gasteiger partial charge < -0.3 is 10.1 Å². The van der Waals surface area contributed by atoms with Crippen LogP contribution in [0.2, 0.25) is 0 Å². The first kappa shape index (κ1) is 18.3. The van der Waals surface area contributed by atoms with Crippen LogP contribution >= 0.6 is 0 Å². The van der Waals surface area contributed by atoms with Gasteiger partial charge in [-0.1, -0.05) is 6.07 Å². The Hall–Kier alpha value is -3.04. The molecule has 1 aromatic heterocycles. The van der Waals surface area contributed by atoms with Crippen LogP contribution in [0.3, 0.4) is 0 Å². The smallest absolute Gasteiger partial charge is 0.416 e. The van der Waals surface area contributed by atoms with Crippen molar-refractivity contribution in [3.8, 4) is 0 Å². The summed E-state index contributed by atoms with van der Waals surface area (Å²) in [6.45, 7) is 1.56. The number of hydrogen-bond acceptors (Lipinski definition) is 4. The molecule has 0 aliphatic rings. The van der Waals surface area contributed by atoms with E-state index in [1.165, 1.54) is 13.1 Å². The van der Waals surface area contributed by atoms with E-state index in [2.05, 4.69) is 10.4 Å². The number of nitrogens with one attached hydrogen (secondary N) is 2. The Bertz CT molecular complexity index is 868. The molecule has 7 nitrogen and oxygen atoms in total. The van der Waals surface area contributed by atoms with Gasteiger partial charge in [-0.15, -0.1) is 0 Å². The van der Waals surface area contributed by atoms with E-state index in [0.717, 1.165) is 22.9 Å². The van der Waals surface area contributed by atoms with Crippen molar-refractivity contribution in [2.75, 3.05) is 11.9 Å². The van der Waals surface area contributed by atoms with Gasteiger partial charge in [0.1, 0.15) is 5.56 Å². The normalized spacial score (nSPS) is 11.2. The summed E-state index contributed by atoms with van der Waals surface area (Å²) in [4.78, 5) is 36.2. The Kier molecular flexibility index (Phi) is 5.00. The highest BCUT2D eigenvalue weighted by atomic mass is 19.4. The van der Waals surface area contributed by atoms with Gasteiger partial charge in [-0.3, -0.25) is 19.4 Å². The number of aromatic nitrogens is 2. The van der Waals surface area contributed by atoms with Crippen LogP contribution < -0.4 is 10.9 Å². The van der Waals surface area contributed by atoms with Crippen LogP contribution in [0.4, 0.5) is 18.9 Å². The number of amides is 1. The third kappa shape index (κ3) is 3.90. The maximum atomic E-state index is 12.7. The van der Waals surface area contributed by atoms with Gasteiger partial charge in [0.15, 0.2) is 5.69 Å². The van der Waals surface area contributed by atoms with E-state index in [-0.39, 0.29) is 18.0 Å². The molecule has 1 amide bonds. The number of ether oxygens (including phenoxy) is 1. The van der Waals surface area contributed by atoms with Gasteiger partial charge in [0.2, 0.25) is 0 Å². The molecule has 0 saturated carbocycles. The van der Waals surface area contributed by atoms with Gasteiger partial charge in [-0.25, -0.2) is 4.79 Å². The first-order valence-electron chi connectivity index (χ1n) is 7.10. The zero-order valence-corrected chi connectivity index (χ0v) is 13.2. The van der Waals surface area contributed by atoms with Crippen molar-refractivity contribution in [1.82, 2.24) is 9.78 Å². The van der Waals surface area contributed by atoms with E-state index >= 15 is 0 Å². The maximum absolute atomic E-state index is 12.7. The van der Waals surface area contributed by atoms with Crippen molar-refractivity contribution in [3.63, 3.8) is 0 Å². The molecule has 0 spiro atoms. The minimum absolute atomic E-state index is 0.0183. The molecule has 2 rings (SSSR count). The molecular weight excluding hydrogens is 343 g/mol. The van der Waals surface area contributed by atoms with Gasteiger partial charge in [0.05, 0.1) is 12.2 Å². The lowest BCUT2D eigenvalue weighted by atomic mass is 10.1. The molecule has 2 aromatic rings. The third-order valence-electron chi connectivity index (χ3n) is 3.20. The van der Waals surface area contributed by atoms with Gasteiger partial charge >= 0.3 is 12.1 Å². The Morgan fingerprint density at radius 1 is 1.32 bits per heavy atom. The maximum Gasteiger partial charge on any atom is 0.416 e. The number of carbonyl (C=O) groups excluding carboxylic acids is 2. The number of alkyl halides is 3. The van der Waals surface area contributed by atoms with E-state index in [1.54, 1.807) is 6.92 Å². The van der Waals surface area contributed by atoms with Gasteiger partial charge in [-0.2, -0.15) is 13.2 Å². The predicted octanol–water partition coefficient (Wildman–Crippen LogP) is 2.16. The van der Waals surface area contributed by atoms with E-state index in [1.807, 2.05) is 0 Å². The van der Waals surface area contributed by atoms with Crippen LogP contribution in [0.25, 0.3) is 0 Å². The zero-order chi connectivity index (χ0) is 18.8. The quantitative estimate of drug-likeness (QED) is 0.820. The first-order valence-corrected chi connectivity index (χ1v) is 7.10. The van der Waals surface area contributed by atoms with E-state index in [0.29, 0.717) is 0 Å². The minimum Gasteiger partial charge on any atom is -0.461 e. The molecule has 0 aliphatic heterocycles. The minimum atomic E-state index is -4.58. The van der Waals surface area contributed by atoms with Crippen molar-refractivity contribution in [1.29, 1.82) is 0 Å². The number of aromatic amines is 1. The molecule has 0 aliphatic carbocycles. The number of nitrogens with zero attached hydrogens (tertiary/aromatic N) is 1. The SMILES string of the molecule is CCOC(=O)c1[nH]n(C)c(=O)c1C(=O)Nc1cccc(C(F)(F)F)c1. The van der Waals surface area contributed by atoms with E-state index in [4.69, 9.17) is 4.74 Å². The molecule has 0 bridgehead atoms. The number of H-pyrrole nitrogens is 1. The number of benzene rings is 1. The highest BCUT2D eigenvalue weighted by Gasteiger charge is 2.31. The lowest BCUT2D eigenvalue weighted by molar-refractivity contribution is -0.137. The molecule has 134 valence electrons. The number of aryl methyl sites for hydroxylation is 1. The third-order valence-corrected chi connectivity index (χ3v) is 3.20. The summed E-state index contributed by atoms with van der Waals surface area (Å²) in [5.41, 5.74) is -2.86. The molecule has 1 aromatic carbocycles. The summed E-state index contributed by atoms with van der Waals surface area (Å²) >= 11 is 0. The fourth-order valence-corrected chi connectivity index (χ4v) is 2.08. The standard InChI is InChI=1S/C15H14F3N3O4/c1-3-25-14(24)11-10(13(23)21(2)20-11)12(22)19-9-6-4-5-8(7-9)15(16,17)18/h4-7,20H,3H2,1-2H3,(H,19,22). The Labute approximate surface area is 139 Å². The van der Waals surface area contributed by atoms with E-state index in [9.17, 15) is 27.6 Å². The Balaban J connectivity index is 2.36. The first-order chi connectivity index (χ1) is 11.6. The largest absolute Gasteiger partial charge is 0.461 e. The average Bonchev–Trinajstić information content (AvgIpc) is 2.83. The molecule has 0 fully saturated rings. The second-order valence-electron chi connectivity index (χ2n) is 4.98. The monoisotopic (exact) mass is 357 g/mol. The van der Waals surface area contributed by atoms with Gasteiger partial charge in [0, 0.05) is 12.7 Å². The zero-order valence-electron chi connectivity index (χ0n) is 13.2. The topological polar surface area (TPSA) is 93.2 Å². The number of carbonyl (C=O) groups is 2. The second-order valence-corrected chi connectivity index (χ2v) is 4.98. The molecule has 0 unspecified atom stereocenters. The van der Waals surface area contributed by atoms with Crippen LogP contribution in [0.5, 0.6) is 0 Å². The highest BCUT2D eigenvalue weighted by molar-refractivity contribution is 6.10. The van der Waals surface area contributed by atoms with Crippen LogP contribution in [0.1, 0.15) is 33.3 Å². The number of hydrogen-bond donors (Lipinski definition) is 2. The summed E-state index contributed by atoms with van der Waals surface area (Å²) in [6.07, 6.45) is -4.58. The molecule has 25 heavy (non-hydrogen) atoms. The summed E-state index contributed by atoms with van der Waals surface area (Å²) in [5, 5.41) is 4.57. The Morgan fingerprint density at radius 3 is 2.60 bits per heavy atom. The molecule has 0 atom stereocenters. The second kappa shape index (κ2) is 6.83. The van der Waals surface area contributed by atoms with E-state index < -0.39 is 34.7 Å². The number of anilines is 1. The predicted molar refractivity (Wildman–Crippen MR) is 81.4 cm³/mol. The van der Waals surface area contributed by atoms with Crippen LogP contribution in [0.15, 0.2) is 29.1 Å². The van der Waals surface area contributed by atoms with Crippen molar-refractivity contribution in [2.45, 2.75) is 13.1 Å². The molecule has 0 radical (unpaired) electrons. The molecule has 2 N–H and O–H groups in total. The lowest BCUT2D eigenvalue weighted by Gasteiger charge is -2.09. The summed E-state index contributed by atoms with van der Waals surface area (Å²) in [7, 11) is 1.28. The van der Waals surface area contributed by atoms with Crippen molar-refractivity contribution < 1.29 is 27.5 Å². The summed E-state index contributed by atoms with van der Waals surface area (Å²) in [6, 6.07) is 3.91. The average molecular weight is 357 g/mol. The van der Waals surface area contributed by atoms with Crippen LogP contribution in [0, 0.1) is 0 Å². The van der Waals surface area contributed by atoms with Crippen LogP contribution in [-0.2, 0) is 18.0 Å². The molecule has 1 heterocycles.